The third-order valence-electron chi connectivity index (χ3n) is 3.77. The van der Waals surface area contributed by atoms with E-state index < -0.39 is 21.9 Å². The molecule has 20 heavy (non-hydrogen) atoms. The Labute approximate surface area is 119 Å². The van der Waals surface area contributed by atoms with Crippen molar-refractivity contribution in [2.75, 3.05) is 13.2 Å². The van der Waals surface area contributed by atoms with Crippen LogP contribution < -0.4 is 0 Å². The lowest BCUT2D eigenvalue weighted by Gasteiger charge is -2.28. The quantitative estimate of drug-likeness (QED) is 0.929. The van der Waals surface area contributed by atoms with Gasteiger partial charge in [0.25, 0.3) is 0 Å². The van der Waals surface area contributed by atoms with Gasteiger partial charge in [-0.3, -0.25) is 0 Å². The number of aryl methyl sites for hydroxylation is 1. The van der Waals surface area contributed by atoms with Crippen LogP contribution in [0.3, 0.4) is 0 Å². The van der Waals surface area contributed by atoms with Crippen LogP contribution >= 0.6 is 0 Å². The second kappa shape index (κ2) is 6.20. The molecule has 1 atom stereocenters. The Balaban J connectivity index is 2.44. The fourth-order valence-electron chi connectivity index (χ4n) is 2.63. The summed E-state index contributed by atoms with van der Waals surface area (Å²) in [6.07, 6.45) is 3.26. The van der Waals surface area contributed by atoms with Crippen LogP contribution in [0.1, 0.15) is 31.2 Å². The number of nitrogens with zero attached hydrogens (tertiary/aromatic N) is 1. The van der Waals surface area contributed by atoms with E-state index in [0.717, 1.165) is 25.3 Å². The Hall–Kier alpha value is -0.980. The summed E-state index contributed by atoms with van der Waals surface area (Å²) in [5, 5.41) is 9.44. The van der Waals surface area contributed by atoms with Gasteiger partial charge in [0, 0.05) is 12.6 Å². The molecule has 2 rings (SSSR count). The SMILES string of the molecule is Cc1ccc(F)cc1S(=O)(=O)N1CCCCCC1CO. The zero-order chi connectivity index (χ0) is 14.8. The summed E-state index contributed by atoms with van der Waals surface area (Å²) in [5.41, 5.74) is 0.521. The Morgan fingerprint density at radius 3 is 2.80 bits per heavy atom. The van der Waals surface area contributed by atoms with Crippen molar-refractivity contribution >= 4 is 10.0 Å². The first-order chi connectivity index (χ1) is 9.46. The maximum absolute atomic E-state index is 13.4. The highest BCUT2D eigenvalue weighted by atomic mass is 32.2. The van der Waals surface area contributed by atoms with Crippen LogP contribution in [-0.4, -0.2) is 37.0 Å². The monoisotopic (exact) mass is 301 g/mol. The van der Waals surface area contributed by atoms with Crippen LogP contribution in [0.15, 0.2) is 23.1 Å². The normalized spacial score (nSPS) is 21.6. The predicted molar refractivity (Wildman–Crippen MR) is 74.4 cm³/mol. The molecule has 0 radical (unpaired) electrons. The van der Waals surface area contributed by atoms with E-state index in [9.17, 15) is 17.9 Å². The summed E-state index contributed by atoms with van der Waals surface area (Å²) in [6, 6.07) is 3.36. The fourth-order valence-corrected chi connectivity index (χ4v) is 4.55. The predicted octanol–water partition coefficient (Wildman–Crippen LogP) is 2.06. The molecule has 0 bridgehead atoms. The Kier molecular flexibility index (Phi) is 4.78. The molecular weight excluding hydrogens is 281 g/mol. The highest BCUT2D eigenvalue weighted by molar-refractivity contribution is 7.89. The molecule has 1 aromatic carbocycles. The lowest BCUT2D eigenvalue weighted by atomic mass is 10.1. The van der Waals surface area contributed by atoms with E-state index >= 15 is 0 Å². The van der Waals surface area contributed by atoms with E-state index in [1.807, 2.05) is 0 Å². The fraction of sp³-hybridized carbons (Fsp3) is 0.571. The molecule has 1 N–H and O–H groups in total. The Morgan fingerprint density at radius 2 is 2.10 bits per heavy atom. The molecular formula is C14H20FNO3S. The zero-order valence-corrected chi connectivity index (χ0v) is 12.4. The smallest absolute Gasteiger partial charge is 0.243 e. The number of sulfonamides is 1. The van der Waals surface area contributed by atoms with Crippen molar-refractivity contribution in [3.05, 3.63) is 29.6 Å². The van der Waals surface area contributed by atoms with Gasteiger partial charge >= 0.3 is 0 Å². The topological polar surface area (TPSA) is 57.6 Å². The minimum absolute atomic E-state index is 0.00199. The van der Waals surface area contributed by atoms with Crippen LogP contribution in [-0.2, 0) is 10.0 Å². The molecule has 1 aromatic rings. The average molecular weight is 301 g/mol. The van der Waals surface area contributed by atoms with E-state index in [4.69, 9.17) is 0 Å². The van der Waals surface area contributed by atoms with Gasteiger partial charge in [0.2, 0.25) is 10.0 Å². The first kappa shape index (κ1) is 15.4. The molecule has 1 unspecified atom stereocenters. The molecule has 1 aliphatic rings. The Morgan fingerprint density at radius 1 is 1.35 bits per heavy atom. The number of rotatable bonds is 3. The van der Waals surface area contributed by atoms with Gasteiger partial charge in [0.15, 0.2) is 0 Å². The molecule has 0 aromatic heterocycles. The molecule has 1 saturated heterocycles. The second-order valence-corrected chi connectivity index (χ2v) is 7.07. The third-order valence-corrected chi connectivity index (χ3v) is 5.86. The maximum atomic E-state index is 13.4. The van der Waals surface area contributed by atoms with Crippen LogP contribution in [0.5, 0.6) is 0 Å². The first-order valence-corrected chi connectivity index (χ1v) is 8.29. The number of halogens is 1. The van der Waals surface area contributed by atoms with Gasteiger partial charge in [0.1, 0.15) is 5.82 Å². The van der Waals surface area contributed by atoms with Gasteiger partial charge in [-0.15, -0.1) is 0 Å². The van der Waals surface area contributed by atoms with E-state index in [2.05, 4.69) is 0 Å². The van der Waals surface area contributed by atoms with E-state index in [1.165, 1.54) is 16.4 Å². The molecule has 0 spiro atoms. The van der Waals surface area contributed by atoms with E-state index in [-0.39, 0.29) is 11.5 Å². The molecule has 6 heteroatoms. The van der Waals surface area contributed by atoms with Gasteiger partial charge in [0.05, 0.1) is 11.5 Å². The van der Waals surface area contributed by atoms with Gasteiger partial charge < -0.3 is 5.11 Å². The summed E-state index contributed by atoms with van der Waals surface area (Å²) >= 11 is 0. The van der Waals surface area contributed by atoms with Gasteiger partial charge in [-0.05, 0) is 37.5 Å². The van der Waals surface area contributed by atoms with Crippen LogP contribution in [0, 0.1) is 12.7 Å². The summed E-state index contributed by atoms with van der Waals surface area (Å²) in [6.45, 7) is 1.83. The summed E-state index contributed by atoms with van der Waals surface area (Å²) in [7, 11) is -3.77. The molecule has 0 aliphatic carbocycles. The lowest BCUT2D eigenvalue weighted by molar-refractivity contribution is 0.186. The van der Waals surface area contributed by atoms with Crippen molar-refractivity contribution < 1.29 is 17.9 Å². The first-order valence-electron chi connectivity index (χ1n) is 6.85. The molecule has 112 valence electrons. The van der Waals surface area contributed by atoms with Crippen LogP contribution in [0.4, 0.5) is 4.39 Å². The van der Waals surface area contributed by atoms with Gasteiger partial charge in [-0.2, -0.15) is 4.31 Å². The molecule has 0 saturated carbocycles. The van der Waals surface area contributed by atoms with Crippen molar-refractivity contribution in [3.8, 4) is 0 Å². The van der Waals surface area contributed by atoms with Crippen molar-refractivity contribution in [2.24, 2.45) is 0 Å². The summed E-state index contributed by atoms with van der Waals surface area (Å²) in [4.78, 5) is -0.00199. The second-order valence-electron chi connectivity index (χ2n) is 5.21. The summed E-state index contributed by atoms with van der Waals surface area (Å²) in [5.74, 6) is -0.565. The molecule has 1 fully saturated rings. The van der Waals surface area contributed by atoms with Crippen molar-refractivity contribution in [1.29, 1.82) is 0 Å². The molecule has 0 amide bonds. The van der Waals surface area contributed by atoms with Crippen LogP contribution in [0.2, 0.25) is 0 Å². The van der Waals surface area contributed by atoms with Crippen molar-refractivity contribution in [1.82, 2.24) is 4.31 Å². The van der Waals surface area contributed by atoms with Gasteiger partial charge in [-0.1, -0.05) is 18.9 Å². The van der Waals surface area contributed by atoms with Gasteiger partial charge in [-0.25, -0.2) is 12.8 Å². The number of aliphatic hydroxyl groups is 1. The molecule has 4 nitrogen and oxygen atoms in total. The molecule has 1 heterocycles. The lowest BCUT2D eigenvalue weighted by Crippen LogP contribution is -2.42. The van der Waals surface area contributed by atoms with E-state index in [1.54, 1.807) is 6.92 Å². The zero-order valence-electron chi connectivity index (χ0n) is 11.5. The van der Waals surface area contributed by atoms with Crippen LogP contribution in [0.25, 0.3) is 0 Å². The highest BCUT2D eigenvalue weighted by Crippen LogP contribution is 2.27. The average Bonchev–Trinajstić information content (AvgIpc) is 2.66. The highest BCUT2D eigenvalue weighted by Gasteiger charge is 2.33. The van der Waals surface area contributed by atoms with E-state index in [0.29, 0.717) is 18.5 Å². The molecule has 1 aliphatic heterocycles. The number of hydrogen-bond donors (Lipinski definition) is 1. The number of hydrogen-bond acceptors (Lipinski definition) is 3. The van der Waals surface area contributed by atoms with Crippen molar-refractivity contribution in [2.45, 2.75) is 43.5 Å². The standard InChI is InChI=1S/C14H20FNO3S/c1-11-6-7-12(15)9-14(11)20(18,19)16-8-4-2-3-5-13(16)10-17/h6-7,9,13,17H,2-5,8,10H2,1H3. The third kappa shape index (κ3) is 3.02. The number of aliphatic hydroxyl groups excluding tert-OH is 1. The minimum atomic E-state index is -3.77. The summed E-state index contributed by atoms with van der Waals surface area (Å²) < 4.78 is 40.2. The maximum Gasteiger partial charge on any atom is 0.243 e. The van der Waals surface area contributed by atoms with Crippen molar-refractivity contribution in [3.63, 3.8) is 0 Å². The number of benzene rings is 1. The largest absolute Gasteiger partial charge is 0.395 e. The Bertz CT molecular complexity index is 574. The minimum Gasteiger partial charge on any atom is -0.395 e.